The van der Waals surface area contributed by atoms with Gasteiger partial charge in [-0.2, -0.15) is 9.78 Å². The Labute approximate surface area is 108 Å². The molecule has 0 radical (unpaired) electrons. The summed E-state index contributed by atoms with van der Waals surface area (Å²) in [6, 6.07) is 1.95. The number of aryl methyl sites for hydroxylation is 2. The Morgan fingerprint density at radius 3 is 2.72 bits per heavy atom. The minimum atomic E-state index is -0.598. The van der Waals surface area contributed by atoms with Crippen molar-refractivity contribution in [2.45, 2.75) is 19.9 Å². The van der Waals surface area contributed by atoms with E-state index in [1.54, 1.807) is 4.68 Å². The fraction of sp³-hybridized carbons (Fsp3) is 0.400. The van der Waals surface area contributed by atoms with Crippen LogP contribution in [-0.4, -0.2) is 24.5 Å². The van der Waals surface area contributed by atoms with Crippen molar-refractivity contribution in [3.8, 4) is 0 Å². The molecule has 0 saturated heterocycles. The van der Waals surface area contributed by atoms with Crippen molar-refractivity contribution in [3.05, 3.63) is 38.8 Å². The minimum Gasteiger partial charge on any atom is -0.358 e. The number of rotatable bonds is 4. The van der Waals surface area contributed by atoms with E-state index in [0.29, 0.717) is 6.54 Å². The highest BCUT2D eigenvalue weighted by atomic mass is 35.5. The minimum absolute atomic E-state index is 0.0397. The topological polar surface area (TPSA) is 78.8 Å². The van der Waals surface area contributed by atoms with Gasteiger partial charge in [0.05, 0.1) is 22.7 Å². The molecule has 0 atom stereocenters. The maximum atomic E-state index is 10.6. The molecule has 2 aromatic rings. The average molecular weight is 270 g/mol. The zero-order chi connectivity index (χ0) is 13.3. The summed E-state index contributed by atoms with van der Waals surface area (Å²) in [6.07, 6.45) is 2.28. The van der Waals surface area contributed by atoms with Gasteiger partial charge in [0.25, 0.3) is 0 Å². The molecule has 0 fully saturated rings. The van der Waals surface area contributed by atoms with Crippen molar-refractivity contribution in [3.63, 3.8) is 0 Å². The molecule has 0 amide bonds. The molecule has 7 nitrogen and oxygen atoms in total. The monoisotopic (exact) mass is 269 g/mol. The first-order valence-electron chi connectivity index (χ1n) is 5.40. The molecule has 2 heterocycles. The van der Waals surface area contributed by atoms with E-state index in [1.807, 2.05) is 20.0 Å². The zero-order valence-electron chi connectivity index (χ0n) is 10.00. The maximum absolute atomic E-state index is 10.6. The van der Waals surface area contributed by atoms with Gasteiger partial charge in [0, 0.05) is 7.05 Å². The Morgan fingerprint density at radius 1 is 1.50 bits per heavy atom. The molecule has 0 saturated carbocycles. The first-order chi connectivity index (χ1) is 8.51. The van der Waals surface area contributed by atoms with Crippen LogP contribution in [0.1, 0.15) is 18.3 Å². The summed E-state index contributed by atoms with van der Waals surface area (Å²) in [6.45, 7) is 2.42. The molecule has 2 rings (SSSR count). The second kappa shape index (κ2) is 4.77. The van der Waals surface area contributed by atoms with Crippen LogP contribution < -0.4 is 0 Å². The smallest absolute Gasteiger partial charge is 0.358 e. The Bertz CT molecular complexity index is 589. The Kier molecular flexibility index (Phi) is 3.33. The molecule has 2 aromatic heterocycles. The molecule has 96 valence electrons. The molecule has 0 bridgehead atoms. The third-order valence-electron chi connectivity index (χ3n) is 2.59. The number of nitrogens with zero attached hydrogens (tertiary/aromatic N) is 5. The van der Waals surface area contributed by atoms with Crippen LogP contribution in [0.3, 0.4) is 0 Å². The first kappa shape index (κ1) is 12.6. The van der Waals surface area contributed by atoms with Crippen molar-refractivity contribution in [1.82, 2.24) is 19.6 Å². The van der Waals surface area contributed by atoms with Crippen LogP contribution in [0.5, 0.6) is 0 Å². The van der Waals surface area contributed by atoms with Crippen LogP contribution in [0, 0.1) is 10.1 Å². The van der Waals surface area contributed by atoms with Gasteiger partial charge < -0.3 is 10.1 Å². The second-order valence-electron chi connectivity index (χ2n) is 3.86. The summed E-state index contributed by atoms with van der Waals surface area (Å²) < 4.78 is 3.18. The summed E-state index contributed by atoms with van der Waals surface area (Å²) in [4.78, 5) is 10.0. The average Bonchev–Trinajstić information content (AvgIpc) is 2.83. The molecule has 0 aliphatic rings. The third kappa shape index (κ3) is 2.35. The van der Waals surface area contributed by atoms with Gasteiger partial charge >= 0.3 is 5.82 Å². The van der Waals surface area contributed by atoms with Gasteiger partial charge in [0.1, 0.15) is 6.54 Å². The van der Waals surface area contributed by atoms with Crippen LogP contribution in [0.2, 0.25) is 5.02 Å². The van der Waals surface area contributed by atoms with Crippen molar-refractivity contribution in [2.24, 2.45) is 7.05 Å². The van der Waals surface area contributed by atoms with Gasteiger partial charge in [-0.15, -0.1) is 0 Å². The molecule has 0 aliphatic carbocycles. The van der Waals surface area contributed by atoms with E-state index < -0.39 is 4.92 Å². The second-order valence-corrected chi connectivity index (χ2v) is 4.27. The number of hydrogen-bond acceptors (Lipinski definition) is 4. The van der Waals surface area contributed by atoms with Crippen molar-refractivity contribution in [1.29, 1.82) is 0 Å². The van der Waals surface area contributed by atoms with Crippen molar-refractivity contribution >= 4 is 17.4 Å². The fourth-order valence-corrected chi connectivity index (χ4v) is 1.87. The molecule has 18 heavy (non-hydrogen) atoms. The Hall–Kier alpha value is -1.89. The maximum Gasteiger partial charge on any atom is 0.408 e. The van der Waals surface area contributed by atoms with Crippen LogP contribution in [0.25, 0.3) is 0 Å². The van der Waals surface area contributed by atoms with Gasteiger partial charge in [-0.25, -0.2) is 0 Å². The van der Waals surface area contributed by atoms with E-state index in [9.17, 15) is 10.1 Å². The SMILES string of the molecule is CCc1cc(Cn2cc(Cl)c([N+](=O)[O-])n2)n(C)n1. The molecule has 0 N–H and O–H groups in total. The van der Waals surface area contributed by atoms with Gasteiger partial charge in [-0.05, 0) is 17.4 Å². The van der Waals surface area contributed by atoms with Crippen molar-refractivity contribution in [2.75, 3.05) is 0 Å². The molecule has 0 unspecified atom stereocenters. The summed E-state index contributed by atoms with van der Waals surface area (Å²) in [5.74, 6) is -0.324. The van der Waals surface area contributed by atoms with E-state index in [0.717, 1.165) is 17.8 Å². The van der Waals surface area contributed by atoms with E-state index in [1.165, 1.54) is 10.9 Å². The normalized spacial score (nSPS) is 10.8. The standard InChI is InChI=1S/C10H12ClN5O2/c1-3-7-4-8(14(2)12-7)5-15-6-9(11)10(13-15)16(17)18/h4,6H,3,5H2,1-2H3. The van der Waals surface area contributed by atoms with Crippen LogP contribution >= 0.6 is 11.6 Å². The van der Waals surface area contributed by atoms with Crippen molar-refractivity contribution < 1.29 is 4.92 Å². The summed E-state index contributed by atoms with van der Waals surface area (Å²) >= 11 is 5.73. The van der Waals surface area contributed by atoms with Crippen LogP contribution in [0.4, 0.5) is 5.82 Å². The Morgan fingerprint density at radius 2 is 2.22 bits per heavy atom. The lowest BCUT2D eigenvalue weighted by molar-refractivity contribution is -0.389. The number of nitro groups is 1. The lowest BCUT2D eigenvalue weighted by Crippen LogP contribution is -2.06. The molecule has 0 aliphatic heterocycles. The lowest BCUT2D eigenvalue weighted by Gasteiger charge is -1.97. The van der Waals surface area contributed by atoms with Crippen LogP contribution in [0.15, 0.2) is 12.3 Å². The van der Waals surface area contributed by atoms with Crippen LogP contribution in [-0.2, 0) is 20.0 Å². The number of aromatic nitrogens is 4. The first-order valence-corrected chi connectivity index (χ1v) is 5.78. The van der Waals surface area contributed by atoms with Gasteiger partial charge in [0.15, 0.2) is 5.02 Å². The molecule has 0 spiro atoms. The summed E-state index contributed by atoms with van der Waals surface area (Å²) in [5, 5.41) is 18.8. The third-order valence-corrected chi connectivity index (χ3v) is 2.85. The highest BCUT2D eigenvalue weighted by molar-refractivity contribution is 6.32. The summed E-state index contributed by atoms with van der Waals surface area (Å²) in [7, 11) is 1.83. The lowest BCUT2D eigenvalue weighted by atomic mass is 10.3. The molecular formula is C10H12ClN5O2. The van der Waals surface area contributed by atoms with Gasteiger partial charge in [-0.3, -0.25) is 4.68 Å². The number of hydrogen-bond donors (Lipinski definition) is 0. The molecule has 0 aromatic carbocycles. The molecular weight excluding hydrogens is 258 g/mol. The number of halogens is 1. The zero-order valence-corrected chi connectivity index (χ0v) is 10.8. The van der Waals surface area contributed by atoms with E-state index >= 15 is 0 Å². The highest BCUT2D eigenvalue weighted by Gasteiger charge is 2.19. The van der Waals surface area contributed by atoms with Gasteiger partial charge in [0.2, 0.25) is 0 Å². The summed E-state index contributed by atoms with van der Waals surface area (Å²) in [5.41, 5.74) is 1.89. The van der Waals surface area contributed by atoms with Gasteiger partial charge in [-0.1, -0.05) is 18.5 Å². The predicted octanol–water partition coefficient (Wildman–Crippen LogP) is 1.79. The highest BCUT2D eigenvalue weighted by Crippen LogP contribution is 2.21. The predicted molar refractivity (Wildman–Crippen MR) is 65.6 cm³/mol. The Balaban J connectivity index is 2.25. The fourth-order valence-electron chi connectivity index (χ4n) is 1.65. The molecule has 8 heteroatoms. The van der Waals surface area contributed by atoms with E-state index in [4.69, 9.17) is 11.6 Å². The van der Waals surface area contributed by atoms with E-state index in [2.05, 4.69) is 10.2 Å². The quantitative estimate of drug-likeness (QED) is 0.626. The van der Waals surface area contributed by atoms with E-state index in [-0.39, 0.29) is 10.8 Å². The largest absolute Gasteiger partial charge is 0.408 e.